The van der Waals surface area contributed by atoms with Gasteiger partial charge in [0.1, 0.15) is 5.82 Å². The van der Waals surface area contributed by atoms with Gasteiger partial charge in [-0.2, -0.15) is 5.10 Å². The molecule has 2 amide bonds. The fraction of sp³-hybridized carbons (Fsp3) is 0.385. The van der Waals surface area contributed by atoms with Crippen LogP contribution in [0.2, 0.25) is 0 Å². The lowest BCUT2D eigenvalue weighted by atomic mass is 10.1. The fourth-order valence-corrected chi connectivity index (χ4v) is 2.83. The molecule has 102 valence electrons. The lowest BCUT2D eigenvalue weighted by molar-refractivity contribution is 0.241. The largest absolute Gasteiger partial charge is 0.337 e. The molecule has 0 saturated heterocycles. The van der Waals surface area contributed by atoms with Crippen molar-refractivity contribution < 1.29 is 9.18 Å². The molecule has 0 aromatic heterocycles. The number of thioether (sulfide) groups is 1. The summed E-state index contributed by atoms with van der Waals surface area (Å²) in [5.41, 5.74) is 3.95. The minimum Gasteiger partial charge on any atom is -0.337 e. The maximum Gasteiger partial charge on any atom is 0.335 e. The number of halogens is 1. The average molecular weight is 281 g/mol. The van der Waals surface area contributed by atoms with Crippen molar-refractivity contribution in [2.24, 2.45) is 5.10 Å². The van der Waals surface area contributed by atoms with E-state index in [2.05, 4.69) is 15.8 Å². The van der Waals surface area contributed by atoms with Gasteiger partial charge >= 0.3 is 6.03 Å². The predicted octanol–water partition coefficient (Wildman–Crippen LogP) is 2.73. The van der Waals surface area contributed by atoms with Gasteiger partial charge in [0, 0.05) is 24.3 Å². The summed E-state index contributed by atoms with van der Waals surface area (Å²) in [6, 6.07) is 4.60. The Labute approximate surface area is 115 Å². The first-order chi connectivity index (χ1) is 9.22. The van der Waals surface area contributed by atoms with Crippen LogP contribution in [0.15, 0.2) is 28.2 Å². The molecule has 1 aliphatic rings. The first kappa shape index (κ1) is 13.9. The van der Waals surface area contributed by atoms with Gasteiger partial charge in [0.15, 0.2) is 0 Å². The molecule has 0 spiro atoms. The third-order valence-electron chi connectivity index (χ3n) is 2.69. The third-order valence-corrected chi connectivity index (χ3v) is 3.80. The molecule has 1 heterocycles. The van der Waals surface area contributed by atoms with Gasteiger partial charge in [-0.15, -0.1) is 11.8 Å². The minimum absolute atomic E-state index is 0.231. The fourth-order valence-electron chi connectivity index (χ4n) is 1.78. The number of benzene rings is 1. The van der Waals surface area contributed by atoms with E-state index in [1.807, 2.05) is 13.0 Å². The van der Waals surface area contributed by atoms with E-state index in [1.54, 1.807) is 6.07 Å². The Hall–Kier alpha value is -1.56. The normalized spacial score (nSPS) is 16.0. The molecular weight excluding hydrogens is 265 g/mol. The smallest absolute Gasteiger partial charge is 0.335 e. The molecule has 2 rings (SSSR count). The van der Waals surface area contributed by atoms with Crippen molar-refractivity contribution in [2.45, 2.75) is 24.7 Å². The SMILES string of the molecule is CCCNC(=O)N/N=C1/CCSc2c(F)cccc21. The molecule has 1 aromatic rings. The van der Waals surface area contributed by atoms with Crippen molar-refractivity contribution in [2.75, 3.05) is 12.3 Å². The number of carbonyl (C=O) groups excluding carboxylic acids is 1. The molecule has 0 unspecified atom stereocenters. The Morgan fingerprint density at radius 3 is 3.16 bits per heavy atom. The highest BCUT2D eigenvalue weighted by atomic mass is 32.2. The Bertz CT molecular complexity index is 505. The lowest BCUT2D eigenvalue weighted by Crippen LogP contribution is -2.33. The van der Waals surface area contributed by atoms with E-state index in [1.165, 1.54) is 17.8 Å². The second-order valence-corrected chi connectivity index (χ2v) is 5.25. The van der Waals surface area contributed by atoms with Crippen molar-refractivity contribution in [3.8, 4) is 0 Å². The van der Waals surface area contributed by atoms with Gasteiger partial charge in [0.05, 0.1) is 10.6 Å². The summed E-state index contributed by atoms with van der Waals surface area (Å²) in [6.45, 7) is 2.58. The van der Waals surface area contributed by atoms with E-state index in [4.69, 9.17) is 0 Å². The molecule has 0 bridgehead atoms. The quantitative estimate of drug-likeness (QED) is 0.837. The van der Waals surface area contributed by atoms with Crippen LogP contribution >= 0.6 is 11.8 Å². The third kappa shape index (κ3) is 3.47. The predicted molar refractivity (Wildman–Crippen MR) is 75.1 cm³/mol. The number of hydrogen-bond acceptors (Lipinski definition) is 3. The van der Waals surface area contributed by atoms with E-state index in [9.17, 15) is 9.18 Å². The van der Waals surface area contributed by atoms with E-state index < -0.39 is 0 Å². The monoisotopic (exact) mass is 281 g/mol. The number of urea groups is 1. The first-order valence-corrected chi connectivity index (χ1v) is 7.23. The minimum atomic E-state index is -0.328. The summed E-state index contributed by atoms with van der Waals surface area (Å²) in [5, 5.41) is 6.76. The van der Waals surface area contributed by atoms with Gasteiger partial charge in [-0.05, 0) is 12.5 Å². The van der Waals surface area contributed by atoms with Crippen molar-refractivity contribution >= 4 is 23.5 Å². The first-order valence-electron chi connectivity index (χ1n) is 6.24. The Morgan fingerprint density at radius 1 is 1.53 bits per heavy atom. The molecule has 0 atom stereocenters. The van der Waals surface area contributed by atoms with Crippen LogP contribution < -0.4 is 10.7 Å². The molecule has 0 radical (unpaired) electrons. The molecule has 0 saturated carbocycles. The van der Waals surface area contributed by atoms with Crippen LogP contribution in [0.5, 0.6) is 0 Å². The second kappa shape index (κ2) is 6.56. The van der Waals surface area contributed by atoms with Crippen LogP contribution in [-0.4, -0.2) is 24.0 Å². The van der Waals surface area contributed by atoms with Gasteiger partial charge in [-0.3, -0.25) is 0 Å². The number of nitrogens with one attached hydrogen (secondary N) is 2. The summed E-state index contributed by atoms with van der Waals surface area (Å²) in [6.07, 6.45) is 1.59. The number of hydrogen-bond donors (Lipinski definition) is 2. The van der Waals surface area contributed by atoms with Crippen molar-refractivity contribution in [3.63, 3.8) is 0 Å². The van der Waals surface area contributed by atoms with E-state index >= 15 is 0 Å². The number of carbonyl (C=O) groups is 1. The average Bonchev–Trinajstić information content (AvgIpc) is 2.43. The van der Waals surface area contributed by atoms with Gasteiger partial charge in [-0.1, -0.05) is 19.1 Å². The zero-order valence-electron chi connectivity index (χ0n) is 10.7. The van der Waals surface area contributed by atoms with Crippen molar-refractivity contribution in [1.82, 2.24) is 10.7 Å². The van der Waals surface area contributed by atoms with Crippen LogP contribution in [0.3, 0.4) is 0 Å². The van der Waals surface area contributed by atoms with Crippen LogP contribution in [0.25, 0.3) is 0 Å². The summed E-state index contributed by atoms with van der Waals surface area (Å²) in [4.78, 5) is 12.0. The van der Waals surface area contributed by atoms with Gasteiger partial charge in [-0.25, -0.2) is 14.6 Å². The zero-order valence-corrected chi connectivity index (χ0v) is 11.5. The van der Waals surface area contributed by atoms with Gasteiger partial charge < -0.3 is 5.32 Å². The van der Waals surface area contributed by atoms with Crippen LogP contribution in [0.4, 0.5) is 9.18 Å². The summed E-state index contributed by atoms with van der Waals surface area (Å²) < 4.78 is 13.6. The standard InChI is InChI=1S/C13H16FN3OS/c1-2-7-15-13(18)17-16-11-6-8-19-12-9(11)4-3-5-10(12)14/h3-5H,2,6-8H2,1H3,(H2,15,17,18)/b16-11-. The van der Waals surface area contributed by atoms with E-state index in [0.717, 1.165) is 29.9 Å². The van der Waals surface area contributed by atoms with Crippen molar-refractivity contribution in [1.29, 1.82) is 0 Å². The summed E-state index contributed by atoms with van der Waals surface area (Å²) in [5.74, 6) is 0.538. The number of hydrazone groups is 1. The molecule has 2 N–H and O–H groups in total. The number of rotatable bonds is 3. The second-order valence-electron chi connectivity index (χ2n) is 4.14. The highest BCUT2D eigenvalue weighted by molar-refractivity contribution is 7.99. The molecule has 1 aromatic carbocycles. The number of nitrogens with zero attached hydrogens (tertiary/aromatic N) is 1. The van der Waals surface area contributed by atoms with E-state index in [0.29, 0.717) is 11.4 Å². The van der Waals surface area contributed by atoms with E-state index in [-0.39, 0.29) is 11.8 Å². The highest BCUT2D eigenvalue weighted by Crippen LogP contribution is 2.32. The van der Waals surface area contributed by atoms with Crippen LogP contribution in [0.1, 0.15) is 25.3 Å². The number of amides is 2. The van der Waals surface area contributed by atoms with Crippen molar-refractivity contribution in [3.05, 3.63) is 29.6 Å². The van der Waals surface area contributed by atoms with Crippen LogP contribution in [-0.2, 0) is 0 Å². The molecule has 6 heteroatoms. The Kier molecular flexibility index (Phi) is 4.79. The maximum atomic E-state index is 13.6. The molecular formula is C13H16FN3OS. The maximum absolute atomic E-state index is 13.6. The Morgan fingerprint density at radius 2 is 2.37 bits per heavy atom. The molecule has 4 nitrogen and oxygen atoms in total. The summed E-state index contributed by atoms with van der Waals surface area (Å²) in [7, 11) is 0. The van der Waals surface area contributed by atoms with Gasteiger partial charge in [0.25, 0.3) is 0 Å². The summed E-state index contributed by atoms with van der Waals surface area (Å²) >= 11 is 1.48. The molecule has 0 fully saturated rings. The zero-order chi connectivity index (χ0) is 13.7. The Balaban J connectivity index is 2.11. The van der Waals surface area contributed by atoms with Gasteiger partial charge in [0.2, 0.25) is 0 Å². The molecule has 0 aliphatic carbocycles. The topological polar surface area (TPSA) is 53.5 Å². The highest BCUT2D eigenvalue weighted by Gasteiger charge is 2.19. The van der Waals surface area contributed by atoms with Crippen LogP contribution in [0, 0.1) is 5.82 Å². The molecule has 1 aliphatic heterocycles. The lowest BCUT2D eigenvalue weighted by Gasteiger charge is -2.17. The molecule has 19 heavy (non-hydrogen) atoms. The number of fused-ring (bicyclic) bond motifs is 1.